The van der Waals surface area contributed by atoms with Gasteiger partial charge in [-0.3, -0.25) is 9.59 Å². The molecule has 0 saturated carbocycles. The quantitative estimate of drug-likeness (QED) is 0.217. The van der Waals surface area contributed by atoms with Crippen molar-refractivity contribution in [3.05, 3.63) is 125 Å². The Hall–Kier alpha value is -3.70. The van der Waals surface area contributed by atoms with Crippen molar-refractivity contribution in [2.24, 2.45) is 11.8 Å². The zero-order chi connectivity index (χ0) is 24.6. The molecule has 0 N–H and O–H groups in total. The Morgan fingerprint density at radius 1 is 0.722 bits per heavy atom. The van der Waals surface area contributed by atoms with E-state index in [4.69, 9.17) is 4.74 Å². The number of carbonyl (C=O) groups excluding carboxylic acids is 2. The van der Waals surface area contributed by atoms with E-state index < -0.39 is 16.2 Å². The number of aryl methyl sites for hydroxylation is 1. The number of halogens is 1. The fourth-order valence-corrected chi connectivity index (χ4v) is 7.54. The number of nitrogens with zero attached hydrogens (tertiary/aromatic N) is 1. The summed E-state index contributed by atoms with van der Waals surface area (Å²) in [6.45, 7) is 2.03. The number of amides is 2. The number of hydrogen-bond donors (Lipinski definition) is 0. The van der Waals surface area contributed by atoms with Crippen LogP contribution in [0.4, 0.5) is 5.69 Å². The average molecular weight is 536 g/mol. The molecule has 4 aromatic rings. The zero-order valence-corrected chi connectivity index (χ0v) is 21.1. The molecule has 4 aromatic carbocycles. The van der Waals surface area contributed by atoms with E-state index in [0.29, 0.717) is 11.4 Å². The second kappa shape index (κ2) is 7.65. The van der Waals surface area contributed by atoms with Crippen molar-refractivity contribution >= 4 is 33.4 Å². The van der Waals surface area contributed by atoms with Gasteiger partial charge in [0.1, 0.15) is 11.5 Å². The zero-order valence-electron chi connectivity index (χ0n) is 19.5. The lowest BCUT2D eigenvalue weighted by molar-refractivity contribution is -0.122. The number of rotatable bonds is 3. The van der Waals surface area contributed by atoms with Gasteiger partial charge in [-0.05, 0) is 65.6 Å². The Kier molecular flexibility index (Phi) is 4.58. The summed E-state index contributed by atoms with van der Waals surface area (Å²) in [6.07, 6.45) is 0. The van der Waals surface area contributed by atoms with Crippen LogP contribution in [0.15, 0.2) is 97.1 Å². The monoisotopic (exact) mass is 535 g/mol. The summed E-state index contributed by atoms with van der Waals surface area (Å²) in [6, 6.07) is 31.4. The Labute approximate surface area is 217 Å². The molecule has 2 amide bonds. The Balaban J connectivity index is 1.28. The van der Waals surface area contributed by atoms with Crippen molar-refractivity contribution in [3.8, 4) is 11.5 Å². The summed E-state index contributed by atoms with van der Waals surface area (Å²) in [4.78, 5) is 29.4. The maximum absolute atomic E-state index is 14.0. The molecule has 176 valence electrons. The standard InChI is InChI=1S/C31H22BrNO3/c1-18-10-14-20(15-11-18)36-21-16-12-19(13-17-21)33-29(34)27-26-22-6-2-4-8-24(22)31(32,28(27)30(33)35)25-9-5-3-7-23(25)26/h2-17,26-28H,1H3/t26?,27-,28+,31?/m1/s1. The van der Waals surface area contributed by atoms with Gasteiger partial charge in [-0.1, -0.05) is 82.2 Å². The highest BCUT2D eigenvalue weighted by Gasteiger charge is 2.67. The van der Waals surface area contributed by atoms with Crippen LogP contribution in [-0.2, 0) is 13.9 Å². The van der Waals surface area contributed by atoms with E-state index in [2.05, 4.69) is 40.2 Å². The largest absolute Gasteiger partial charge is 0.457 e. The summed E-state index contributed by atoms with van der Waals surface area (Å²) in [5.41, 5.74) is 6.14. The van der Waals surface area contributed by atoms with E-state index in [9.17, 15) is 9.59 Å². The van der Waals surface area contributed by atoms with Gasteiger partial charge in [-0.25, -0.2) is 4.90 Å². The lowest BCUT2D eigenvalue weighted by Crippen LogP contribution is -2.50. The van der Waals surface area contributed by atoms with Crippen molar-refractivity contribution in [1.82, 2.24) is 0 Å². The average Bonchev–Trinajstić information content (AvgIpc) is 3.17. The Morgan fingerprint density at radius 3 is 1.83 bits per heavy atom. The first-order chi connectivity index (χ1) is 17.5. The molecule has 0 spiro atoms. The van der Waals surface area contributed by atoms with Crippen LogP contribution in [0.2, 0.25) is 0 Å². The van der Waals surface area contributed by atoms with Crippen molar-refractivity contribution in [1.29, 1.82) is 0 Å². The highest BCUT2D eigenvalue weighted by atomic mass is 79.9. The minimum Gasteiger partial charge on any atom is -0.457 e. The number of benzene rings is 4. The second-order valence-electron chi connectivity index (χ2n) is 9.79. The van der Waals surface area contributed by atoms with Crippen LogP contribution in [0, 0.1) is 18.8 Å². The third kappa shape index (κ3) is 2.80. The van der Waals surface area contributed by atoms with Gasteiger partial charge in [0, 0.05) is 5.92 Å². The van der Waals surface area contributed by atoms with E-state index in [1.165, 1.54) is 4.90 Å². The normalized spacial score (nSPS) is 25.4. The molecule has 1 fully saturated rings. The predicted molar refractivity (Wildman–Crippen MR) is 142 cm³/mol. The summed E-state index contributed by atoms with van der Waals surface area (Å²) in [5, 5.41) is 0. The first-order valence-electron chi connectivity index (χ1n) is 12.1. The number of carbonyl (C=O) groups is 2. The minimum absolute atomic E-state index is 0.143. The SMILES string of the molecule is Cc1ccc(Oc2ccc(N3C(=O)[C@@H]4C5c6ccccc6C(Br)(c6ccccc65)[C@@H]4C3=O)cc2)cc1. The van der Waals surface area contributed by atoms with Gasteiger partial charge >= 0.3 is 0 Å². The van der Waals surface area contributed by atoms with Crippen LogP contribution in [0.1, 0.15) is 33.7 Å². The molecular weight excluding hydrogens is 514 g/mol. The first kappa shape index (κ1) is 21.6. The summed E-state index contributed by atoms with van der Waals surface area (Å²) in [7, 11) is 0. The van der Waals surface area contributed by atoms with Gasteiger partial charge in [-0.2, -0.15) is 0 Å². The lowest BCUT2D eigenvalue weighted by atomic mass is 9.55. The molecule has 0 unspecified atom stereocenters. The molecule has 0 aromatic heterocycles. The predicted octanol–water partition coefficient (Wildman–Crippen LogP) is 6.69. The molecule has 36 heavy (non-hydrogen) atoms. The van der Waals surface area contributed by atoms with Crippen molar-refractivity contribution in [2.75, 3.05) is 4.90 Å². The molecular formula is C31H22BrNO3. The van der Waals surface area contributed by atoms with Gasteiger partial charge < -0.3 is 4.74 Å². The molecule has 0 radical (unpaired) electrons. The van der Waals surface area contributed by atoms with Crippen LogP contribution < -0.4 is 9.64 Å². The maximum atomic E-state index is 14.0. The molecule has 1 saturated heterocycles. The fraction of sp³-hybridized carbons (Fsp3) is 0.161. The Bertz CT molecular complexity index is 1500. The number of hydrogen-bond acceptors (Lipinski definition) is 3. The van der Waals surface area contributed by atoms with Crippen molar-refractivity contribution in [2.45, 2.75) is 17.2 Å². The number of imide groups is 1. The lowest BCUT2D eigenvalue weighted by Gasteiger charge is -2.51. The Morgan fingerprint density at radius 2 is 1.25 bits per heavy atom. The molecule has 2 bridgehead atoms. The highest BCUT2D eigenvalue weighted by molar-refractivity contribution is 9.09. The van der Waals surface area contributed by atoms with E-state index in [1.807, 2.05) is 55.5 Å². The first-order valence-corrected chi connectivity index (χ1v) is 12.9. The van der Waals surface area contributed by atoms with E-state index in [0.717, 1.165) is 33.6 Å². The summed E-state index contributed by atoms with van der Waals surface area (Å²) in [5.74, 6) is -0.0315. The summed E-state index contributed by atoms with van der Waals surface area (Å²) >= 11 is 4.04. The molecule has 4 aliphatic rings. The highest BCUT2D eigenvalue weighted by Crippen LogP contribution is 2.66. The molecule has 5 heteroatoms. The number of alkyl halides is 1. The van der Waals surface area contributed by atoms with Gasteiger partial charge in [0.25, 0.3) is 0 Å². The molecule has 1 heterocycles. The minimum atomic E-state index is -0.740. The molecule has 4 nitrogen and oxygen atoms in total. The van der Waals surface area contributed by atoms with Crippen molar-refractivity contribution in [3.63, 3.8) is 0 Å². The molecule has 1 aliphatic heterocycles. The van der Waals surface area contributed by atoms with Crippen LogP contribution in [0.5, 0.6) is 11.5 Å². The van der Waals surface area contributed by atoms with E-state index in [-0.39, 0.29) is 17.7 Å². The van der Waals surface area contributed by atoms with E-state index >= 15 is 0 Å². The van der Waals surface area contributed by atoms with Gasteiger partial charge in [-0.15, -0.1) is 0 Å². The molecule has 2 atom stereocenters. The molecule has 3 aliphatic carbocycles. The number of ether oxygens (including phenoxy) is 1. The van der Waals surface area contributed by atoms with Crippen LogP contribution in [0.25, 0.3) is 0 Å². The topological polar surface area (TPSA) is 46.6 Å². The van der Waals surface area contributed by atoms with Crippen LogP contribution in [-0.4, -0.2) is 11.8 Å². The third-order valence-corrected chi connectivity index (χ3v) is 9.21. The summed E-state index contributed by atoms with van der Waals surface area (Å²) < 4.78 is 5.21. The molecule has 8 rings (SSSR count). The third-order valence-electron chi connectivity index (χ3n) is 7.87. The van der Waals surface area contributed by atoms with E-state index in [1.54, 1.807) is 24.3 Å². The van der Waals surface area contributed by atoms with Gasteiger partial charge in [0.2, 0.25) is 11.8 Å². The van der Waals surface area contributed by atoms with Gasteiger partial charge in [0.15, 0.2) is 0 Å². The smallest absolute Gasteiger partial charge is 0.239 e. The van der Waals surface area contributed by atoms with Crippen molar-refractivity contribution < 1.29 is 14.3 Å². The fourth-order valence-electron chi connectivity index (χ4n) is 6.34. The van der Waals surface area contributed by atoms with Crippen LogP contribution in [0.3, 0.4) is 0 Å². The van der Waals surface area contributed by atoms with Gasteiger partial charge in [0.05, 0.1) is 21.8 Å². The number of anilines is 1. The maximum Gasteiger partial charge on any atom is 0.239 e. The van der Waals surface area contributed by atoms with Crippen LogP contribution >= 0.6 is 15.9 Å². The second-order valence-corrected chi connectivity index (χ2v) is 11.0.